The molecule has 0 spiro atoms. The van der Waals surface area contributed by atoms with Crippen LogP contribution in [0.2, 0.25) is 0 Å². The lowest BCUT2D eigenvalue weighted by Gasteiger charge is -1.74. The van der Waals surface area contributed by atoms with Gasteiger partial charge in [-0.1, -0.05) is 0 Å². The van der Waals surface area contributed by atoms with Gasteiger partial charge < -0.3 is 0 Å². The lowest BCUT2D eigenvalue weighted by molar-refractivity contribution is 0.475. The molecule has 0 N–H and O–H groups in total. The van der Waals surface area contributed by atoms with E-state index in [9.17, 15) is 8.78 Å². The number of hydrogen-bond acceptors (Lipinski definition) is 2. The minimum Gasteiger partial charge on any atom is -0.182 e. The van der Waals surface area contributed by atoms with E-state index in [1.165, 1.54) is 7.05 Å². The van der Waals surface area contributed by atoms with Gasteiger partial charge in [0, 0.05) is 7.05 Å². The van der Waals surface area contributed by atoms with Crippen LogP contribution < -0.4 is 0 Å². The van der Waals surface area contributed by atoms with Crippen molar-refractivity contribution < 1.29 is 8.78 Å². The first-order valence-corrected chi connectivity index (χ1v) is 1.92. The molecule has 1 rings (SSSR count). The van der Waals surface area contributed by atoms with E-state index >= 15 is 0 Å². The molecule has 0 unspecified atom stereocenters. The highest BCUT2D eigenvalue weighted by Gasteiger charge is 2.04. The van der Waals surface area contributed by atoms with Gasteiger partial charge in [0.25, 0.3) is 11.9 Å². The molecule has 0 radical (unpaired) electrons. The zero-order valence-electron chi connectivity index (χ0n) is 4.10. The molecule has 0 saturated carbocycles. The smallest absolute Gasteiger partial charge is 0.182 e. The van der Waals surface area contributed by atoms with Crippen molar-refractivity contribution in [2.45, 2.75) is 0 Å². The zero-order chi connectivity index (χ0) is 6.15. The maximum atomic E-state index is 11.8. The summed E-state index contributed by atoms with van der Waals surface area (Å²) < 4.78 is 23.5. The molecule has 3 nitrogen and oxygen atoms in total. The summed E-state index contributed by atoms with van der Waals surface area (Å²) in [6.45, 7) is 0. The molecule has 0 amide bonds. The average molecular weight is 119 g/mol. The summed E-state index contributed by atoms with van der Waals surface area (Å²) in [4.78, 5) is 0.824. The highest BCUT2D eigenvalue weighted by atomic mass is 19.2. The topological polar surface area (TPSA) is 30.7 Å². The third-order valence-corrected chi connectivity index (χ3v) is 0.635. The van der Waals surface area contributed by atoms with Crippen LogP contribution >= 0.6 is 0 Å². The Labute approximate surface area is 43.9 Å². The summed E-state index contributed by atoms with van der Waals surface area (Å²) in [5.41, 5.74) is 0. The van der Waals surface area contributed by atoms with E-state index < -0.39 is 11.9 Å². The number of aryl methyl sites for hydroxylation is 1. The van der Waals surface area contributed by atoms with Crippen LogP contribution in [0.25, 0.3) is 0 Å². The number of hydrogen-bond donors (Lipinski definition) is 0. The van der Waals surface area contributed by atoms with Crippen LogP contribution in [0, 0.1) is 11.9 Å². The minimum absolute atomic E-state index is 0.824. The Morgan fingerprint density at radius 1 is 1.25 bits per heavy atom. The Kier molecular flexibility index (Phi) is 0.964. The quantitative estimate of drug-likeness (QED) is 0.484. The fraction of sp³-hybridized carbons (Fsp3) is 0.333. The monoisotopic (exact) mass is 119 g/mol. The normalized spacial score (nSPS) is 9.88. The Balaban J connectivity index is 3.14. The van der Waals surface area contributed by atoms with Gasteiger partial charge in [-0.2, -0.15) is 13.6 Å². The van der Waals surface area contributed by atoms with Gasteiger partial charge in [0.05, 0.1) is 0 Å². The van der Waals surface area contributed by atoms with Crippen molar-refractivity contribution in [1.82, 2.24) is 15.0 Å². The van der Waals surface area contributed by atoms with Crippen molar-refractivity contribution in [3.05, 3.63) is 11.9 Å². The van der Waals surface area contributed by atoms with Gasteiger partial charge >= 0.3 is 0 Å². The van der Waals surface area contributed by atoms with E-state index in [1.54, 1.807) is 0 Å². The summed E-state index contributed by atoms with van der Waals surface area (Å²) in [5, 5.41) is 5.95. The number of nitrogens with zero attached hydrogens (tertiary/aromatic N) is 3. The molecule has 0 saturated heterocycles. The number of aromatic nitrogens is 3. The molecule has 8 heavy (non-hydrogen) atoms. The molecule has 0 aliphatic rings. The largest absolute Gasteiger partial charge is 0.289 e. The van der Waals surface area contributed by atoms with Crippen molar-refractivity contribution in [1.29, 1.82) is 0 Å². The van der Waals surface area contributed by atoms with Gasteiger partial charge in [-0.3, -0.25) is 0 Å². The van der Waals surface area contributed by atoms with Crippen molar-refractivity contribution in [3.8, 4) is 0 Å². The molecule has 0 bridgehead atoms. The van der Waals surface area contributed by atoms with Crippen molar-refractivity contribution >= 4 is 0 Å². The highest BCUT2D eigenvalue weighted by molar-refractivity contribution is 4.71. The SMILES string of the molecule is Cn1nc(F)c(F)n1. The van der Waals surface area contributed by atoms with Crippen LogP contribution in [0.5, 0.6) is 0 Å². The van der Waals surface area contributed by atoms with Gasteiger partial charge in [-0.25, -0.2) is 0 Å². The molecule has 0 atom stereocenters. The molecule has 0 aliphatic carbocycles. The summed E-state index contributed by atoms with van der Waals surface area (Å²) in [6.07, 6.45) is 0. The Bertz CT molecular complexity index is 175. The second-order valence-electron chi connectivity index (χ2n) is 1.27. The summed E-state index contributed by atoms with van der Waals surface area (Å²) >= 11 is 0. The molecule has 1 aromatic heterocycles. The van der Waals surface area contributed by atoms with E-state index in [2.05, 4.69) is 10.2 Å². The van der Waals surface area contributed by atoms with E-state index in [4.69, 9.17) is 0 Å². The highest BCUT2D eigenvalue weighted by Crippen LogP contribution is 1.93. The summed E-state index contributed by atoms with van der Waals surface area (Å²) in [7, 11) is 1.34. The van der Waals surface area contributed by atoms with Gasteiger partial charge in [0.2, 0.25) is 0 Å². The van der Waals surface area contributed by atoms with Crippen LogP contribution in [-0.4, -0.2) is 15.0 Å². The fourth-order valence-corrected chi connectivity index (χ4v) is 0.359. The summed E-state index contributed by atoms with van der Waals surface area (Å²) in [5.74, 6) is -2.32. The molecule has 0 aliphatic heterocycles. The third-order valence-electron chi connectivity index (χ3n) is 0.635. The van der Waals surface area contributed by atoms with Crippen molar-refractivity contribution in [2.75, 3.05) is 0 Å². The Morgan fingerprint density at radius 3 is 1.75 bits per heavy atom. The van der Waals surface area contributed by atoms with E-state index in [0.717, 1.165) is 4.80 Å². The Morgan fingerprint density at radius 2 is 1.62 bits per heavy atom. The second kappa shape index (κ2) is 1.50. The first-order chi connectivity index (χ1) is 3.70. The second-order valence-corrected chi connectivity index (χ2v) is 1.27. The number of rotatable bonds is 0. The molecule has 1 aromatic rings. The Hall–Kier alpha value is -1.00. The van der Waals surface area contributed by atoms with Crippen LogP contribution in [0.4, 0.5) is 8.78 Å². The molecule has 0 fully saturated rings. The first kappa shape index (κ1) is 5.14. The predicted octanol–water partition coefficient (Wildman–Crippen LogP) is 0.0933. The lowest BCUT2D eigenvalue weighted by atomic mass is 10.9. The minimum atomic E-state index is -1.16. The van der Waals surface area contributed by atoms with E-state index in [-0.39, 0.29) is 0 Å². The van der Waals surface area contributed by atoms with Gasteiger partial charge in [-0.15, -0.1) is 10.2 Å². The van der Waals surface area contributed by atoms with Gasteiger partial charge in [0.15, 0.2) is 0 Å². The average Bonchev–Trinajstić information content (AvgIpc) is 1.85. The molecular weight excluding hydrogens is 116 g/mol. The van der Waals surface area contributed by atoms with E-state index in [0.29, 0.717) is 0 Å². The molecular formula is C3H3F2N3. The van der Waals surface area contributed by atoms with E-state index in [1.807, 2.05) is 0 Å². The maximum Gasteiger partial charge on any atom is 0.289 e. The van der Waals surface area contributed by atoms with Gasteiger partial charge in [0.1, 0.15) is 0 Å². The number of halogens is 2. The van der Waals surface area contributed by atoms with Crippen LogP contribution in [0.1, 0.15) is 0 Å². The lowest BCUT2D eigenvalue weighted by Crippen LogP contribution is -1.91. The first-order valence-electron chi connectivity index (χ1n) is 1.92. The third kappa shape index (κ3) is 0.661. The molecule has 44 valence electrons. The maximum absolute atomic E-state index is 11.8. The fourth-order valence-electron chi connectivity index (χ4n) is 0.359. The van der Waals surface area contributed by atoms with Crippen molar-refractivity contribution in [2.24, 2.45) is 7.05 Å². The van der Waals surface area contributed by atoms with Crippen LogP contribution in [0.3, 0.4) is 0 Å². The standard InChI is InChI=1S/C3H3F2N3/c1-8-6-2(4)3(5)7-8/h1H3. The summed E-state index contributed by atoms with van der Waals surface area (Å²) in [6, 6.07) is 0. The van der Waals surface area contributed by atoms with Crippen molar-refractivity contribution in [3.63, 3.8) is 0 Å². The predicted molar refractivity (Wildman–Crippen MR) is 20.9 cm³/mol. The molecule has 5 heteroatoms. The molecule has 1 heterocycles. The van der Waals surface area contributed by atoms with Crippen LogP contribution in [0.15, 0.2) is 0 Å². The zero-order valence-corrected chi connectivity index (χ0v) is 4.10. The van der Waals surface area contributed by atoms with Gasteiger partial charge in [-0.05, 0) is 0 Å². The van der Waals surface area contributed by atoms with Crippen LogP contribution in [-0.2, 0) is 7.05 Å². The molecule has 0 aromatic carbocycles.